The minimum absolute atomic E-state index is 0.0116. The van der Waals surface area contributed by atoms with Crippen LogP contribution in [0.15, 0.2) is 48.7 Å². The average molecular weight is 651 g/mol. The lowest BCUT2D eigenvalue weighted by Crippen LogP contribution is -2.51. The number of fused-ring (bicyclic) bond motifs is 2. The number of pyridine rings is 1. The number of alkyl halides is 6. The molecule has 0 unspecified atom stereocenters. The quantitative estimate of drug-likeness (QED) is 0.219. The molecule has 244 valence electrons. The Labute approximate surface area is 258 Å². The Balaban J connectivity index is 1.35. The Morgan fingerprint density at radius 1 is 1.11 bits per heavy atom. The fourth-order valence-electron chi connectivity index (χ4n) is 5.32. The van der Waals surface area contributed by atoms with E-state index in [1.807, 2.05) is 0 Å². The number of amides is 1. The van der Waals surface area contributed by atoms with E-state index in [9.17, 15) is 36.2 Å². The van der Waals surface area contributed by atoms with E-state index >= 15 is 0 Å². The molecule has 1 aliphatic carbocycles. The molecule has 1 aliphatic heterocycles. The van der Waals surface area contributed by atoms with Gasteiger partial charge in [-0.2, -0.15) is 18.3 Å². The summed E-state index contributed by atoms with van der Waals surface area (Å²) in [5.41, 5.74) is -4.55. The van der Waals surface area contributed by atoms with E-state index in [0.717, 1.165) is 31.0 Å². The van der Waals surface area contributed by atoms with Crippen LogP contribution in [-0.4, -0.2) is 58.6 Å². The molecule has 0 bridgehead atoms. The van der Waals surface area contributed by atoms with Crippen molar-refractivity contribution in [1.29, 1.82) is 0 Å². The zero-order valence-corrected chi connectivity index (χ0v) is 24.7. The number of nitrogens with zero attached hydrogens (tertiary/aromatic N) is 3. The Bertz CT molecular complexity index is 1820. The predicted molar refractivity (Wildman–Crippen MR) is 152 cm³/mol. The number of rotatable bonds is 8. The van der Waals surface area contributed by atoms with E-state index in [-0.39, 0.29) is 41.0 Å². The van der Waals surface area contributed by atoms with Gasteiger partial charge in [0, 0.05) is 33.7 Å². The molecule has 3 heterocycles. The smallest absolute Gasteiger partial charge is 0.494 e. The molecule has 4 aromatic rings. The molecule has 0 saturated heterocycles. The number of halogens is 6. The highest BCUT2D eigenvalue weighted by atomic mass is 19.4. The first kappa shape index (κ1) is 31.5. The van der Waals surface area contributed by atoms with Gasteiger partial charge in [0.25, 0.3) is 5.91 Å². The summed E-state index contributed by atoms with van der Waals surface area (Å²) >= 11 is 0. The molecular weight excluding hydrogens is 622 g/mol. The zero-order valence-electron chi connectivity index (χ0n) is 24.7. The molecule has 2 aromatic carbocycles. The highest BCUT2D eigenvalue weighted by Crippen LogP contribution is 2.48. The number of benzene rings is 2. The maximum absolute atomic E-state index is 14.7. The number of methoxy groups -OCH3 is 1. The van der Waals surface area contributed by atoms with E-state index in [4.69, 9.17) is 9.47 Å². The van der Waals surface area contributed by atoms with Crippen LogP contribution in [0.3, 0.4) is 0 Å². The van der Waals surface area contributed by atoms with Crippen LogP contribution in [0, 0.1) is 0 Å². The summed E-state index contributed by atoms with van der Waals surface area (Å²) < 4.78 is 99.0. The molecule has 15 heteroatoms. The van der Waals surface area contributed by atoms with E-state index in [0.29, 0.717) is 16.5 Å². The Morgan fingerprint density at radius 3 is 2.41 bits per heavy atom. The van der Waals surface area contributed by atoms with Gasteiger partial charge in [-0.1, -0.05) is 13.8 Å². The molecule has 6 rings (SSSR count). The molecule has 2 aromatic heterocycles. The van der Waals surface area contributed by atoms with Crippen molar-refractivity contribution in [2.24, 2.45) is 0 Å². The Hall–Kier alpha value is -4.53. The van der Waals surface area contributed by atoms with Gasteiger partial charge in [-0.05, 0) is 55.3 Å². The van der Waals surface area contributed by atoms with Crippen molar-refractivity contribution in [3.05, 3.63) is 65.5 Å². The molecule has 0 radical (unpaired) electrons. The molecule has 9 nitrogen and oxygen atoms in total. The fourth-order valence-corrected chi connectivity index (χ4v) is 5.32. The van der Waals surface area contributed by atoms with Crippen LogP contribution in [0.2, 0.25) is 0 Å². The maximum atomic E-state index is 14.7. The molecule has 2 N–H and O–H groups in total. The Kier molecular flexibility index (Phi) is 7.37. The normalized spacial score (nSPS) is 17.3. The van der Waals surface area contributed by atoms with E-state index in [2.05, 4.69) is 20.1 Å². The highest BCUT2D eigenvalue weighted by molar-refractivity contribution is 6.00. The minimum Gasteiger partial charge on any atom is -0.494 e. The minimum atomic E-state index is -5.32. The SMILES string of the molecule is COc1cc(C(=O)NC[C@](O)(c2cc3c(c(-c4ccc(OC(F)(F)F)cc4)n2)OCC3(C)C)C(F)(F)F)cc2cn(C3CC3)nc12. The lowest BCUT2D eigenvalue weighted by molar-refractivity contribution is -0.274. The monoisotopic (exact) mass is 650 g/mol. The van der Waals surface area contributed by atoms with Crippen molar-refractivity contribution in [3.8, 4) is 28.5 Å². The van der Waals surface area contributed by atoms with Gasteiger partial charge in [-0.15, -0.1) is 13.2 Å². The summed E-state index contributed by atoms with van der Waals surface area (Å²) in [6.45, 7) is 2.20. The van der Waals surface area contributed by atoms with Crippen molar-refractivity contribution in [2.75, 3.05) is 20.3 Å². The van der Waals surface area contributed by atoms with E-state index in [1.54, 1.807) is 24.7 Å². The van der Waals surface area contributed by atoms with Crippen molar-refractivity contribution in [1.82, 2.24) is 20.1 Å². The second-order valence-electron chi connectivity index (χ2n) is 12.0. The lowest BCUT2D eigenvalue weighted by Gasteiger charge is -2.31. The maximum Gasteiger partial charge on any atom is 0.573 e. The molecule has 1 saturated carbocycles. The first-order valence-corrected chi connectivity index (χ1v) is 14.2. The fraction of sp³-hybridized carbons (Fsp3) is 0.387. The van der Waals surface area contributed by atoms with Gasteiger partial charge in [0.05, 0.1) is 32.0 Å². The number of hydrogen-bond acceptors (Lipinski definition) is 7. The first-order valence-electron chi connectivity index (χ1n) is 14.2. The number of hydrogen-bond donors (Lipinski definition) is 2. The van der Waals surface area contributed by atoms with E-state index in [1.165, 1.54) is 31.4 Å². The third kappa shape index (κ3) is 5.79. The summed E-state index contributed by atoms with van der Waals surface area (Å²) in [6, 6.07) is 8.49. The van der Waals surface area contributed by atoms with Crippen molar-refractivity contribution < 1.29 is 50.5 Å². The van der Waals surface area contributed by atoms with Gasteiger partial charge < -0.3 is 24.6 Å². The molecule has 46 heavy (non-hydrogen) atoms. The lowest BCUT2D eigenvalue weighted by atomic mass is 9.84. The van der Waals surface area contributed by atoms with Gasteiger partial charge >= 0.3 is 12.5 Å². The summed E-state index contributed by atoms with van der Waals surface area (Å²) in [4.78, 5) is 17.3. The molecule has 0 spiro atoms. The third-order valence-corrected chi connectivity index (χ3v) is 8.03. The second kappa shape index (κ2) is 10.8. The van der Waals surface area contributed by atoms with Crippen LogP contribution < -0.4 is 19.5 Å². The van der Waals surface area contributed by atoms with Gasteiger partial charge in [0.1, 0.15) is 28.5 Å². The van der Waals surface area contributed by atoms with Gasteiger partial charge in [-0.25, -0.2) is 4.98 Å². The number of aromatic nitrogens is 3. The summed E-state index contributed by atoms with van der Waals surface area (Å²) in [7, 11) is 1.38. The Morgan fingerprint density at radius 2 is 1.80 bits per heavy atom. The molecular formula is C31H28F6N4O5. The molecule has 1 fully saturated rings. The van der Waals surface area contributed by atoms with Crippen molar-refractivity contribution in [2.45, 2.75) is 56.3 Å². The molecule has 1 amide bonds. The summed E-state index contributed by atoms with van der Waals surface area (Å²) in [5.74, 6) is -1.08. The number of nitrogens with one attached hydrogen (secondary N) is 1. The second-order valence-corrected chi connectivity index (χ2v) is 12.0. The number of aliphatic hydroxyl groups is 1. The van der Waals surface area contributed by atoms with Crippen LogP contribution in [0.1, 0.15) is 54.3 Å². The van der Waals surface area contributed by atoms with Crippen molar-refractivity contribution in [3.63, 3.8) is 0 Å². The third-order valence-electron chi connectivity index (χ3n) is 8.03. The van der Waals surface area contributed by atoms with Crippen LogP contribution in [0.25, 0.3) is 22.2 Å². The summed E-state index contributed by atoms with van der Waals surface area (Å²) in [5, 5.41) is 18.5. The topological polar surface area (TPSA) is 108 Å². The average Bonchev–Trinajstić information content (AvgIpc) is 3.67. The zero-order chi connectivity index (χ0) is 33.2. The number of carbonyl (C=O) groups excluding carboxylic acids is 1. The van der Waals surface area contributed by atoms with Gasteiger partial charge in [0.15, 0.2) is 0 Å². The van der Waals surface area contributed by atoms with Crippen LogP contribution in [0.5, 0.6) is 17.2 Å². The largest absolute Gasteiger partial charge is 0.573 e. The van der Waals surface area contributed by atoms with Crippen molar-refractivity contribution >= 4 is 16.8 Å². The number of ether oxygens (including phenoxy) is 3. The van der Waals surface area contributed by atoms with Crippen LogP contribution in [-0.2, 0) is 11.0 Å². The number of carbonyl (C=O) groups is 1. The van der Waals surface area contributed by atoms with Crippen LogP contribution in [0.4, 0.5) is 26.3 Å². The highest BCUT2D eigenvalue weighted by Gasteiger charge is 2.57. The standard InChI is InChI=1S/C31H28F6N4O5/c1-28(2)15-45-26-21(28)12-23(39-25(26)16-4-8-20(9-5-16)46-31(35,36)37)29(43,30(32,33)34)14-38-27(42)17-10-18-13-41(19-6-7-19)40-24(18)22(11-17)44-3/h4-5,8-13,19,43H,6-7,14-15H2,1-3H3,(H,38,42)/t29-/m0/s1. The van der Waals surface area contributed by atoms with Crippen LogP contribution >= 0.6 is 0 Å². The first-order chi connectivity index (χ1) is 21.5. The summed E-state index contributed by atoms with van der Waals surface area (Å²) in [6.07, 6.45) is -6.62. The van der Waals surface area contributed by atoms with Gasteiger partial charge in [0.2, 0.25) is 5.60 Å². The predicted octanol–water partition coefficient (Wildman–Crippen LogP) is 6.19. The molecule has 1 atom stereocenters. The molecule has 2 aliphatic rings. The van der Waals surface area contributed by atoms with Gasteiger partial charge in [-0.3, -0.25) is 9.48 Å². The van der Waals surface area contributed by atoms with E-state index < -0.39 is 47.5 Å².